The highest BCUT2D eigenvalue weighted by Crippen LogP contribution is 2.26. The van der Waals surface area contributed by atoms with E-state index in [1.807, 2.05) is 30.3 Å². The van der Waals surface area contributed by atoms with Crippen molar-refractivity contribution < 1.29 is 4.79 Å². The van der Waals surface area contributed by atoms with Gasteiger partial charge in [0.05, 0.1) is 12.2 Å². The third-order valence-electron chi connectivity index (χ3n) is 3.50. The lowest BCUT2D eigenvalue weighted by Gasteiger charge is -2.33. The molecule has 0 bridgehead atoms. The molecule has 0 radical (unpaired) electrons. The molecule has 2 N–H and O–H groups in total. The third-order valence-corrected chi connectivity index (χ3v) is 4.57. The number of hydrogen-bond acceptors (Lipinski definition) is 4. The Bertz CT molecular complexity index is 498. The molecule has 1 saturated heterocycles. The maximum absolute atomic E-state index is 12.2. The summed E-state index contributed by atoms with van der Waals surface area (Å²) in [5.41, 5.74) is 0.886. The Morgan fingerprint density at radius 3 is 3.05 bits per heavy atom. The normalized spacial score (nSPS) is 18.3. The van der Waals surface area contributed by atoms with Crippen LogP contribution in [0.2, 0.25) is 0 Å². The molecular weight excluding hydrogens is 318 g/mol. The van der Waals surface area contributed by atoms with Crippen molar-refractivity contribution in [3.05, 3.63) is 36.9 Å². The van der Waals surface area contributed by atoms with Crippen molar-refractivity contribution in [2.24, 2.45) is 0 Å². The minimum absolute atomic E-state index is 0. The fourth-order valence-corrected chi connectivity index (χ4v) is 3.08. The monoisotopic (exact) mass is 341 g/mol. The SMILES string of the molecule is C=CCSc1ccccc1NC(=O)CN1CCNC[C@@H]1C.Cl. The Morgan fingerprint density at radius 2 is 2.32 bits per heavy atom. The lowest BCUT2D eigenvalue weighted by molar-refractivity contribution is -0.118. The first-order chi connectivity index (χ1) is 10.2. The van der Waals surface area contributed by atoms with Crippen LogP contribution in [0.3, 0.4) is 0 Å². The molecule has 0 unspecified atom stereocenters. The summed E-state index contributed by atoms with van der Waals surface area (Å²) in [4.78, 5) is 15.5. The molecule has 1 aromatic rings. The summed E-state index contributed by atoms with van der Waals surface area (Å²) in [5.74, 6) is 0.886. The molecule has 1 aliphatic heterocycles. The van der Waals surface area contributed by atoms with Gasteiger partial charge >= 0.3 is 0 Å². The molecule has 1 fully saturated rings. The van der Waals surface area contributed by atoms with Crippen LogP contribution in [-0.2, 0) is 4.79 Å². The molecule has 6 heteroatoms. The van der Waals surface area contributed by atoms with Crippen LogP contribution in [-0.4, -0.2) is 48.8 Å². The minimum atomic E-state index is 0. The molecule has 4 nitrogen and oxygen atoms in total. The second-order valence-electron chi connectivity index (χ2n) is 5.17. The van der Waals surface area contributed by atoms with Gasteiger partial charge in [0.2, 0.25) is 5.91 Å². The number of rotatable bonds is 6. The Morgan fingerprint density at radius 1 is 1.55 bits per heavy atom. The molecule has 2 rings (SSSR count). The Kier molecular flexibility index (Phi) is 8.56. The summed E-state index contributed by atoms with van der Waals surface area (Å²) < 4.78 is 0. The number of nitrogens with zero attached hydrogens (tertiary/aromatic N) is 1. The lowest BCUT2D eigenvalue weighted by Crippen LogP contribution is -2.52. The Hall–Kier alpha value is -1.01. The quantitative estimate of drug-likeness (QED) is 0.616. The summed E-state index contributed by atoms with van der Waals surface area (Å²) >= 11 is 1.68. The van der Waals surface area contributed by atoms with Gasteiger partial charge in [-0.2, -0.15) is 0 Å². The highest BCUT2D eigenvalue weighted by Gasteiger charge is 2.20. The van der Waals surface area contributed by atoms with Gasteiger partial charge in [-0.15, -0.1) is 30.7 Å². The molecular formula is C16H24ClN3OS. The van der Waals surface area contributed by atoms with Crippen LogP contribution in [0.25, 0.3) is 0 Å². The van der Waals surface area contributed by atoms with Crippen LogP contribution in [0.4, 0.5) is 5.69 Å². The number of piperazine rings is 1. The molecule has 0 aromatic heterocycles. The van der Waals surface area contributed by atoms with Crippen molar-refractivity contribution >= 4 is 35.8 Å². The number of anilines is 1. The number of para-hydroxylation sites is 1. The van der Waals surface area contributed by atoms with Crippen LogP contribution >= 0.6 is 24.2 Å². The van der Waals surface area contributed by atoms with Gasteiger partial charge in [-0.25, -0.2) is 0 Å². The van der Waals surface area contributed by atoms with E-state index in [9.17, 15) is 4.79 Å². The number of thioether (sulfide) groups is 1. The van der Waals surface area contributed by atoms with E-state index in [4.69, 9.17) is 0 Å². The van der Waals surface area contributed by atoms with Crippen LogP contribution in [0, 0.1) is 0 Å². The summed E-state index contributed by atoms with van der Waals surface area (Å²) in [6.45, 7) is 9.13. The smallest absolute Gasteiger partial charge is 0.238 e. The van der Waals surface area contributed by atoms with Gasteiger partial charge in [0.25, 0.3) is 0 Å². The van der Waals surface area contributed by atoms with Crippen molar-refractivity contribution in [1.82, 2.24) is 10.2 Å². The van der Waals surface area contributed by atoms with Crippen molar-refractivity contribution in [3.63, 3.8) is 0 Å². The van der Waals surface area contributed by atoms with Gasteiger partial charge in [-0.3, -0.25) is 9.69 Å². The second-order valence-corrected chi connectivity index (χ2v) is 6.23. The predicted molar refractivity (Wildman–Crippen MR) is 97.1 cm³/mol. The number of halogens is 1. The number of carbonyl (C=O) groups excluding carboxylic acids is 1. The van der Waals surface area contributed by atoms with E-state index >= 15 is 0 Å². The van der Waals surface area contributed by atoms with Gasteiger partial charge in [0.1, 0.15) is 0 Å². The number of carbonyl (C=O) groups is 1. The topological polar surface area (TPSA) is 44.4 Å². The van der Waals surface area contributed by atoms with Crippen LogP contribution < -0.4 is 10.6 Å². The van der Waals surface area contributed by atoms with E-state index in [1.165, 1.54) is 0 Å². The zero-order chi connectivity index (χ0) is 15.1. The molecule has 1 atom stereocenters. The van der Waals surface area contributed by atoms with Crippen LogP contribution in [0.5, 0.6) is 0 Å². The summed E-state index contributed by atoms with van der Waals surface area (Å²) in [7, 11) is 0. The second kappa shape index (κ2) is 9.90. The van der Waals surface area contributed by atoms with E-state index < -0.39 is 0 Å². The van der Waals surface area contributed by atoms with Crippen LogP contribution in [0.1, 0.15) is 6.92 Å². The molecule has 122 valence electrons. The molecule has 1 aromatic carbocycles. The fraction of sp³-hybridized carbons (Fsp3) is 0.438. The zero-order valence-corrected chi connectivity index (χ0v) is 14.5. The summed E-state index contributed by atoms with van der Waals surface area (Å²) in [5, 5.41) is 6.36. The largest absolute Gasteiger partial charge is 0.324 e. The Labute approximate surface area is 143 Å². The highest BCUT2D eigenvalue weighted by molar-refractivity contribution is 7.99. The molecule has 1 amide bonds. The van der Waals surface area contributed by atoms with Gasteiger partial charge < -0.3 is 10.6 Å². The maximum atomic E-state index is 12.2. The van der Waals surface area contributed by atoms with E-state index in [1.54, 1.807) is 11.8 Å². The Balaban J connectivity index is 0.00000242. The van der Waals surface area contributed by atoms with Crippen molar-refractivity contribution in [2.75, 3.05) is 37.2 Å². The average Bonchev–Trinajstić information content (AvgIpc) is 2.49. The number of benzene rings is 1. The molecule has 0 saturated carbocycles. The first kappa shape index (κ1) is 19.0. The first-order valence-electron chi connectivity index (χ1n) is 7.28. The fourth-order valence-electron chi connectivity index (χ4n) is 2.34. The maximum Gasteiger partial charge on any atom is 0.238 e. The van der Waals surface area contributed by atoms with Gasteiger partial charge in [0.15, 0.2) is 0 Å². The summed E-state index contributed by atoms with van der Waals surface area (Å²) in [6.07, 6.45) is 1.87. The van der Waals surface area contributed by atoms with Crippen LogP contribution in [0.15, 0.2) is 41.8 Å². The van der Waals surface area contributed by atoms with Crippen molar-refractivity contribution in [2.45, 2.75) is 17.9 Å². The van der Waals surface area contributed by atoms with Gasteiger partial charge in [-0.1, -0.05) is 18.2 Å². The van der Waals surface area contributed by atoms with Crippen molar-refractivity contribution in [1.29, 1.82) is 0 Å². The van der Waals surface area contributed by atoms with E-state index in [2.05, 4.69) is 29.0 Å². The lowest BCUT2D eigenvalue weighted by atomic mass is 10.2. The molecule has 0 aliphatic carbocycles. The van der Waals surface area contributed by atoms with Crippen molar-refractivity contribution in [3.8, 4) is 0 Å². The standard InChI is InChI=1S/C16H23N3OS.ClH/c1-3-10-21-15-7-5-4-6-14(15)18-16(20)12-19-9-8-17-11-13(19)2;/h3-7,13,17H,1,8-12H2,2H3,(H,18,20);1H/t13-;/m0./s1. The zero-order valence-electron chi connectivity index (χ0n) is 12.9. The molecule has 22 heavy (non-hydrogen) atoms. The third kappa shape index (κ3) is 5.65. The van der Waals surface area contributed by atoms with Gasteiger partial charge in [-0.05, 0) is 19.1 Å². The average molecular weight is 342 g/mol. The first-order valence-corrected chi connectivity index (χ1v) is 8.26. The number of amides is 1. The molecule has 1 heterocycles. The highest BCUT2D eigenvalue weighted by atomic mass is 35.5. The number of hydrogen-bond donors (Lipinski definition) is 2. The minimum Gasteiger partial charge on any atom is -0.324 e. The van der Waals surface area contributed by atoms with Gasteiger partial charge in [0, 0.05) is 36.3 Å². The molecule has 0 spiro atoms. The predicted octanol–water partition coefficient (Wildman–Crippen LogP) is 2.62. The number of nitrogens with one attached hydrogen (secondary N) is 2. The van der Waals surface area contributed by atoms with E-state index in [-0.39, 0.29) is 18.3 Å². The molecule has 1 aliphatic rings. The summed E-state index contributed by atoms with van der Waals surface area (Å²) in [6, 6.07) is 8.30. The van der Waals surface area contributed by atoms with E-state index in [0.717, 1.165) is 36.0 Å². The van der Waals surface area contributed by atoms with E-state index in [0.29, 0.717) is 12.6 Å².